The summed E-state index contributed by atoms with van der Waals surface area (Å²) in [6, 6.07) is 5.22. The van der Waals surface area contributed by atoms with Gasteiger partial charge in [-0.15, -0.1) is 0 Å². The molecule has 0 saturated heterocycles. The largest absolute Gasteiger partial charge is 0.456 e. The van der Waals surface area contributed by atoms with Gasteiger partial charge in [-0.1, -0.05) is 6.07 Å². The highest BCUT2D eigenvalue weighted by Gasteiger charge is 2.19. The first-order chi connectivity index (χ1) is 6.79. The molecule has 0 aromatic heterocycles. The molecule has 0 fully saturated rings. The molecule has 0 amide bonds. The van der Waals surface area contributed by atoms with Gasteiger partial charge in [0.05, 0.1) is 5.56 Å². The van der Waals surface area contributed by atoms with Crippen LogP contribution in [0.3, 0.4) is 0 Å². The summed E-state index contributed by atoms with van der Waals surface area (Å²) >= 11 is 0. The summed E-state index contributed by atoms with van der Waals surface area (Å²) < 4.78 is 5.27. The minimum atomic E-state index is -0.478. The number of carbonyl (C=O) groups is 1. The minimum Gasteiger partial charge on any atom is -0.456 e. The Bertz CT molecular complexity index is 378. The first-order valence-corrected chi connectivity index (χ1v) is 4.89. The van der Waals surface area contributed by atoms with Crippen LogP contribution in [0.5, 0.6) is 0 Å². The molecule has 0 saturated carbocycles. The normalized spacial score (nSPS) is 11.2. The molecule has 1 aromatic rings. The zero-order chi connectivity index (χ0) is 11.6. The highest BCUT2D eigenvalue weighted by Crippen LogP contribution is 2.17. The number of hydrogen-bond donors (Lipinski definition) is 1. The van der Waals surface area contributed by atoms with Gasteiger partial charge in [0, 0.05) is 5.69 Å². The molecule has 2 N–H and O–H groups in total. The molecule has 3 heteroatoms. The number of nitrogens with two attached hydrogens (primary N) is 1. The minimum absolute atomic E-state index is 0.327. The van der Waals surface area contributed by atoms with Crippen LogP contribution >= 0.6 is 0 Å². The van der Waals surface area contributed by atoms with Crippen LogP contribution in [0.25, 0.3) is 0 Å². The summed E-state index contributed by atoms with van der Waals surface area (Å²) in [6.45, 7) is 7.38. The van der Waals surface area contributed by atoms with E-state index in [4.69, 9.17) is 10.5 Å². The average Bonchev–Trinajstić information content (AvgIpc) is 2.06. The van der Waals surface area contributed by atoms with Gasteiger partial charge in [-0.3, -0.25) is 0 Å². The van der Waals surface area contributed by atoms with E-state index in [9.17, 15) is 4.79 Å². The van der Waals surface area contributed by atoms with Crippen molar-refractivity contribution < 1.29 is 9.53 Å². The third kappa shape index (κ3) is 3.27. The number of hydrogen-bond acceptors (Lipinski definition) is 3. The van der Waals surface area contributed by atoms with Gasteiger partial charge >= 0.3 is 5.97 Å². The molecule has 0 bridgehead atoms. The summed E-state index contributed by atoms with van der Waals surface area (Å²) in [5, 5.41) is 0. The Balaban J connectivity index is 2.96. The van der Waals surface area contributed by atoms with E-state index in [0.29, 0.717) is 11.3 Å². The molecule has 3 nitrogen and oxygen atoms in total. The van der Waals surface area contributed by atoms with Crippen LogP contribution < -0.4 is 5.73 Å². The number of ether oxygens (including phenoxy) is 1. The van der Waals surface area contributed by atoms with Crippen molar-refractivity contribution in [2.24, 2.45) is 0 Å². The predicted molar refractivity (Wildman–Crippen MR) is 60.8 cm³/mol. The van der Waals surface area contributed by atoms with Crippen molar-refractivity contribution in [1.82, 2.24) is 0 Å². The van der Waals surface area contributed by atoms with Gasteiger partial charge in [0.15, 0.2) is 0 Å². The number of carbonyl (C=O) groups excluding carboxylic acids is 1. The molecule has 82 valence electrons. The summed E-state index contributed by atoms with van der Waals surface area (Å²) in [5.74, 6) is -0.327. The quantitative estimate of drug-likeness (QED) is 0.568. The van der Waals surface area contributed by atoms with E-state index >= 15 is 0 Å². The van der Waals surface area contributed by atoms with E-state index < -0.39 is 5.60 Å². The molecule has 15 heavy (non-hydrogen) atoms. The van der Waals surface area contributed by atoms with Crippen LogP contribution in [0, 0.1) is 6.92 Å². The Morgan fingerprint density at radius 2 is 1.93 bits per heavy atom. The van der Waals surface area contributed by atoms with Crippen LogP contribution in [-0.4, -0.2) is 11.6 Å². The maximum Gasteiger partial charge on any atom is 0.338 e. The van der Waals surface area contributed by atoms with Gasteiger partial charge in [0.2, 0.25) is 0 Å². The molecule has 0 aliphatic rings. The molecule has 0 heterocycles. The molecule has 0 atom stereocenters. The second kappa shape index (κ2) is 3.93. The van der Waals surface area contributed by atoms with E-state index in [1.807, 2.05) is 33.8 Å². The van der Waals surface area contributed by atoms with Gasteiger partial charge in [0.25, 0.3) is 0 Å². The van der Waals surface area contributed by atoms with E-state index in [1.165, 1.54) is 0 Å². The Labute approximate surface area is 90.2 Å². The summed E-state index contributed by atoms with van der Waals surface area (Å²) in [4.78, 5) is 11.8. The summed E-state index contributed by atoms with van der Waals surface area (Å²) in [6.07, 6.45) is 0. The maximum atomic E-state index is 11.8. The van der Waals surface area contributed by atoms with Crippen molar-refractivity contribution in [2.45, 2.75) is 33.3 Å². The lowest BCUT2D eigenvalue weighted by atomic mass is 10.1. The fourth-order valence-corrected chi connectivity index (χ4v) is 1.19. The molecule has 0 unspecified atom stereocenters. The lowest BCUT2D eigenvalue weighted by molar-refractivity contribution is 0.00688. The van der Waals surface area contributed by atoms with Crippen LogP contribution in [0.4, 0.5) is 5.69 Å². The first kappa shape index (κ1) is 11.6. The standard InChI is InChI=1S/C12H17NO2/c1-8-5-6-9(13)7-10(8)11(14)15-12(2,3)4/h5-7H,13H2,1-4H3. The van der Waals surface area contributed by atoms with E-state index in [2.05, 4.69) is 0 Å². The number of esters is 1. The average molecular weight is 207 g/mol. The molecule has 0 aliphatic heterocycles. The number of nitrogen functional groups attached to an aromatic ring is 1. The van der Waals surface area contributed by atoms with Gasteiger partial charge in [-0.25, -0.2) is 4.79 Å². The number of rotatable bonds is 1. The highest BCUT2D eigenvalue weighted by molar-refractivity contribution is 5.92. The second-order valence-corrected chi connectivity index (χ2v) is 4.58. The number of aryl methyl sites for hydroxylation is 1. The Kier molecular flexibility index (Phi) is 3.03. The van der Waals surface area contributed by atoms with Gasteiger partial charge in [-0.05, 0) is 45.4 Å². The van der Waals surface area contributed by atoms with Crippen LogP contribution in [0.15, 0.2) is 18.2 Å². The molecule has 0 aliphatic carbocycles. The van der Waals surface area contributed by atoms with Crippen molar-refractivity contribution in [1.29, 1.82) is 0 Å². The first-order valence-electron chi connectivity index (χ1n) is 4.89. The van der Waals surface area contributed by atoms with Crippen molar-refractivity contribution in [3.8, 4) is 0 Å². The van der Waals surface area contributed by atoms with Gasteiger partial charge < -0.3 is 10.5 Å². The van der Waals surface area contributed by atoms with E-state index in [-0.39, 0.29) is 5.97 Å². The third-order valence-corrected chi connectivity index (χ3v) is 1.88. The topological polar surface area (TPSA) is 52.3 Å². The lowest BCUT2D eigenvalue weighted by Crippen LogP contribution is -2.24. The molecular weight excluding hydrogens is 190 g/mol. The fourth-order valence-electron chi connectivity index (χ4n) is 1.19. The van der Waals surface area contributed by atoms with Crippen molar-refractivity contribution >= 4 is 11.7 Å². The zero-order valence-corrected chi connectivity index (χ0v) is 9.63. The van der Waals surface area contributed by atoms with E-state index in [0.717, 1.165) is 5.56 Å². The molecule has 1 aromatic carbocycles. The predicted octanol–water partition coefficient (Wildman–Crippen LogP) is 2.53. The molecule has 0 spiro atoms. The molecule has 0 radical (unpaired) electrons. The Morgan fingerprint density at radius 1 is 1.33 bits per heavy atom. The maximum absolute atomic E-state index is 11.8. The summed E-state index contributed by atoms with van der Waals surface area (Å²) in [7, 11) is 0. The van der Waals surface area contributed by atoms with Crippen LogP contribution in [0.2, 0.25) is 0 Å². The number of anilines is 1. The van der Waals surface area contributed by atoms with Crippen molar-refractivity contribution in [2.75, 3.05) is 5.73 Å². The third-order valence-electron chi connectivity index (χ3n) is 1.88. The van der Waals surface area contributed by atoms with Crippen LogP contribution in [0.1, 0.15) is 36.7 Å². The molecular formula is C12H17NO2. The Morgan fingerprint density at radius 3 is 2.47 bits per heavy atom. The van der Waals surface area contributed by atoms with Crippen molar-refractivity contribution in [3.05, 3.63) is 29.3 Å². The Hall–Kier alpha value is -1.51. The fraction of sp³-hybridized carbons (Fsp3) is 0.417. The second-order valence-electron chi connectivity index (χ2n) is 4.58. The smallest absolute Gasteiger partial charge is 0.338 e. The molecule has 1 rings (SSSR count). The zero-order valence-electron chi connectivity index (χ0n) is 9.63. The SMILES string of the molecule is Cc1ccc(N)cc1C(=O)OC(C)(C)C. The van der Waals surface area contributed by atoms with Crippen molar-refractivity contribution in [3.63, 3.8) is 0 Å². The van der Waals surface area contributed by atoms with Gasteiger partial charge in [-0.2, -0.15) is 0 Å². The van der Waals surface area contributed by atoms with E-state index in [1.54, 1.807) is 12.1 Å². The van der Waals surface area contributed by atoms with Crippen LogP contribution in [-0.2, 0) is 4.74 Å². The monoisotopic (exact) mass is 207 g/mol. The highest BCUT2D eigenvalue weighted by atomic mass is 16.6. The summed E-state index contributed by atoms with van der Waals surface area (Å²) in [5.41, 5.74) is 7.12. The lowest BCUT2D eigenvalue weighted by Gasteiger charge is -2.20. The number of benzene rings is 1. The van der Waals surface area contributed by atoms with Gasteiger partial charge in [0.1, 0.15) is 5.60 Å².